The summed E-state index contributed by atoms with van der Waals surface area (Å²) >= 11 is 0. The molecule has 1 unspecified atom stereocenters. The maximum atomic E-state index is 15.1. The van der Waals surface area contributed by atoms with E-state index in [0.717, 1.165) is 35.2 Å². The van der Waals surface area contributed by atoms with Gasteiger partial charge in [0.05, 0.1) is 75.3 Å². The number of unbranched alkanes of at least 4 members (excludes halogenated alkanes) is 2. The van der Waals surface area contributed by atoms with Crippen LogP contribution in [0, 0.1) is 11.3 Å². The van der Waals surface area contributed by atoms with Gasteiger partial charge in [-0.15, -0.1) is 0 Å². The van der Waals surface area contributed by atoms with E-state index in [0.29, 0.717) is 122 Å². The molecule has 7 heterocycles. The summed E-state index contributed by atoms with van der Waals surface area (Å²) in [5, 5.41) is 10.9. The number of hydrogen-bond acceptors (Lipinski definition) is 15. The molecule has 1 saturated heterocycles. The number of benzene rings is 3. The Bertz CT molecular complexity index is 3600. The second-order valence-corrected chi connectivity index (χ2v) is 22.9. The van der Waals surface area contributed by atoms with Crippen LogP contribution in [0.25, 0.3) is 32.7 Å². The van der Waals surface area contributed by atoms with E-state index in [2.05, 4.69) is 38.4 Å². The maximum Gasteiger partial charge on any atom is 0.419 e. The Labute approximate surface area is 488 Å². The van der Waals surface area contributed by atoms with Crippen molar-refractivity contribution in [2.75, 3.05) is 93.7 Å². The van der Waals surface area contributed by atoms with Crippen molar-refractivity contribution in [3.05, 3.63) is 88.4 Å². The van der Waals surface area contributed by atoms with Crippen LogP contribution in [0.3, 0.4) is 0 Å². The van der Waals surface area contributed by atoms with Crippen molar-refractivity contribution in [1.82, 2.24) is 23.3 Å². The standard InChI is InChI=1S/C61H72N9O13P/c1-8-79-59(75)67-49-20-17-47-41(43(49)35-52(67)56(72)63-29-33-78-34-30-63)23-27-65(47)58(74)54-37-45-42-24-28-66(48(42)18-21-51(45)69(54)61(77)81-10-3)57(73)53-36-44-40-22-26-64(46(40)16-19-50(44)68(53)60(76)80-9-2)55(71)15-12-11-13-31-82-84(83-32-14-25-62)70(38(4)5)39(6)7/h16-21,35-39H,8-15,22-24,26-34H2,1-7H3. The van der Waals surface area contributed by atoms with E-state index in [-0.39, 0.29) is 80.3 Å². The van der Waals surface area contributed by atoms with Gasteiger partial charge in [-0.2, -0.15) is 5.26 Å². The Hall–Kier alpha value is -7.67. The summed E-state index contributed by atoms with van der Waals surface area (Å²) in [5.41, 5.74) is 5.76. The van der Waals surface area contributed by atoms with Crippen LogP contribution in [-0.4, -0.2) is 156 Å². The van der Waals surface area contributed by atoms with Gasteiger partial charge in [-0.1, -0.05) is 6.42 Å². The van der Waals surface area contributed by atoms with Crippen LogP contribution >= 0.6 is 8.53 Å². The number of anilines is 3. The molecule has 6 aromatic rings. The molecule has 0 N–H and O–H groups in total. The Morgan fingerprint density at radius 2 is 0.976 bits per heavy atom. The van der Waals surface area contributed by atoms with E-state index in [1.54, 1.807) is 88.9 Å². The molecule has 23 heteroatoms. The SMILES string of the molecule is CCOC(=O)n1c(C(=O)N2CCc3c2ccc2c3cc(C(=O)N3CCc4c3ccc3c4cc(C(=O)N4CCOCC4)n3C(=O)OCC)n2C(=O)OCC)cc2c3c(ccc21)N(C(=O)CCCCCOP(OCCC#N)N(C(C)C)C(C)C)CC3. The summed E-state index contributed by atoms with van der Waals surface area (Å²) in [4.78, 5) is 106. The van der Waals surface area contributed by atoms with Crippen LogP contribution in [0.15, 0.2) is 54.6 Å². The third kappa shape index (κ3) is 11.2. The molecule has 4 aliphatic rings. The summed E-state index contributed by atoms with van der Waals surface area (Å²) < 4.78 is 40.3. The zero-order valence-corrected chi connectivity index (χ0v) is 49.7. The van der Waals surface area contributed by atoms with Gasteiger partial charge in [-0.25, -0.2) is 32.8 Å². The van der Waals surface area contributed by atoms with Crippen molar-refractivity contribution in [3.8, 4) is 6.07 Å². The summed E-state index contributed by atoms with van der Waals surface area (Å²) in [5.74, 6) is -1.30. The smallest absolute Gasteiger partial charge is 0.419 e. The summed E-state index contributed by atoms with van der Waals surface area (Å²) in [7, 11) is -1.34. The van der Waals surface area contributed by atoms with Crippen molar-refractivity contribution in [2.45, 2.75) is 112 Å². The fourth-order valence-electron chi connectivity index (χ4n) is 12.2. The highest BCUT2D eigenvalue weighted by Crippen LogP contribution is 2.47. The van der Waals surface area contributed by atoms with Gasteiger partial charge in [0.15, 0.2) is 0 Å². The van der Waals surface area contributed by atoms with Crippen molar-refractivity contribution < 1.29 is 61.6 Å². The number of nitriles is 1. The zero-order chi connectivity index (χ0) is 59.5. The number of fused-ring (bicyclic) bond motifs is 9. The van der Waals surface area contributed by atoms with Crippen molar-refractivity contribution in [2.24, 2.45) is 0 Å². The molecule has 4 aliphatic heterocycles. The van der Waals surface area contributed by atoms with E-state index >= 15 is 9.59 Å². The van der Waals surface area contributed by atoms with Gasteiger partial charge in [0.1, 0.15) is 17.1 Å². The largest absolute Gasteiger partial charge is 0.449 e. The number of ether oxygens (including phenoxy) is 4. The van der Waals surface area contributed by atoms with Gasteiger partial charge in [0.25, 0.3) is 26.2 Å². The third-order valence-corrected chi connectivity index (χ3v) is 18.0. The van der Waals surface area contributed by atoms with Gasteiger partial charge >= 0.3 is 18.3 Å². The first kappa shape index (κ1) is 59.5. The zero-order valence-electron chi connectivity index (χ0n) is 48.8. The van der Waals surface area contributed by atoms with Crippen LogP contribution in [0.5, 0.6) is 0 Å². The highest BCUT2D eigenvalue weighted by Gasteiger charge is 2.38. The molecule has 1 fully saturated rings. The first-order chi connectivity index (χ1) is 40.6. The van der Waals surface area contributed by atoms with Crippen molar-refractivity contribution >= 4 is 100 Å². The average Bonchev–Trinajstić information content (AvgIpc) is 4.28. The lowest BCUT2D eigenvalue weighted by Crippen LogP contribution is -2.41. The average molecular weight is 1170 g/mol. The van der Waals surface area contributed by atoms with Gasteiger partial charge < -0.3 is 47.6 Å². The molecule has 4 amide bonds. The lowest BCUT2D eigenvalue weighted by atomic mass is 10.1. The summed E-state index contributed by atoms with van der Waals surface area (Å²) in [6.07, 6.45) is 1.86. The van der Waals surface area contributed by atoms with Crippen LogP contribution in [-0.2, 0) is 52.1 Å². The summed E-state index contributed by atoms with van der Waals surface area (Å²) in [6.45, 7) is 16.8. The van der Waals surface area contributed by atoms with Gasteiger partial charge in [-0.05, 0) is 152 Å². The monoisotopic (exact) mass is 1170 g/mol. The summed E-state index contributed by atoms with van der Waals surface area (Å²) in [6, 6.07) is 18.0. The van der Waals surface area contributed by atoms with Crippen molar-refractivity contribution in [3.63, 3.8) is 0 Å². The number of rotatable bonds is 19. The number of carbonyl (C=O) groups excluding carboxylic acids is 7. The van der Waals surface area contributed by atoms with Crippen LogP contribution < -0.4 is 14.7 Å². The molecule has 10 rings (SSSR count). The molecule has 1 atom stereocenters. The highest BCUT2D eigenvalue weighted by molar-refractivity contribution is 7.44. The minimum atomic E-state index is -1.34. The molecule has 3 aromatic heterocycles. The minimum absolute atomic E-state index is 0.0214. The van der Waals surface area contributed by atoms with Crippen molar-refractivity contribution in [1.29, 1.82) is 5.26 Å². The van der Waals surface area contributed by atoms with E-state index in [9.17, 15) is 24.0 Å². The maximum absolute atomic E-state index is 15.1. The quantitative estimate of drug-likeness (QED) is 0.0417. The minimum Gasteiger partial charge on any atom is -0.449 e. The Balaban J connectivity index is 0.898. The predicted octanol–water partition coefficient (Wildman–Crippen LogP) is 10.2. The predicted molar refractivity (Wildman–Crippen MR) is 316 cm³/mol. The highest BCUT2D eigenvalue weighted by atomic mass is 31.2. The lowest BCUT2D eigenvalue weighted by Gasteiger charge is -2.35. The van der Waals surface area contributed by atoms with E-state index in [1.807, 2.05) is 6.07 Å². The normalized spacial score (nSPS) is 15.2. The third-order valence-electron chi connectivity index (χ3n) is 15.8. The number of nitrogens with zero attached hydrogens (tertiary/aromatic N) is 9. The first-order valence-corrected chi connectivity index (χ1v) is 30.3. The van der Waals surface area contributed by atoms with E-state index in [4.69, 9.17) is 33.3 Å². The molecule has 0 radical (unpaired) electrons. The van der Waals surface area contributed by atoms with Gasteiger partial charge in [0, 0.05) is 84.4 Å². The van der Waals surface area contributed by atoms with Gasteiger partial charge in [-0.3, -0.25) is 19.2 Å². The van der Waals surface area contributed by atoms with E-state index < -0.39 is 38.6 Å². The Kier molecular flexibility index (Phi) is 18.2. The fraction of sp³-hybridized carbons (Fsp3) is 0.475. The second kappa shape index (κ2) is 25.7. The van der Waals surface area contributed by atoms with Gasteiger partial charge in [0.2, 0.25) is 5.91 Å². The molecule has 84 heavy (non-hydrogen) atoms. The fourth-order valence-corrected chi connectivity index (χ4v) is 13.8. The molecule has 0 saturated carbocycles. The molecular formula is C61H72N9O13P. The Morgan fingerprint density at radius 1 is 0.560 bits per heavy atom. The first-order valence-electron chi connectivity index (χ1n) is 29.2. The molecule has 3 aromatic carbocycles. The Morgan fingerprint density at radius 3 is 1.40 bits per heavy atom. The van der Waals surface area contributed by atoms with E-state index in [1.165, 1.54) is 13.7 Å². The molecule has 0 bridgehead atoms. The molecule has 22 nitrogen and oxygen atoms in total. The number of morpholine rings is 1. The molecule has 0 aliphatic carbocycles. The van der Waals surface area contributed by atoms with Crippen LogP contribution in [0.4, 0.5) is 31.4 Å². The number of hydrogen-bond donors (Lipinski definition) is 0. The molecular weight excluding hydrogens is 1100 g/mol. The second-order valence-electron chi connectivity index (χ2n) is 21.5. The number of amides is 4. The lowest BCUT2D eigenvalue weighted by molar-refractivity contribution is -0.118. The van der Waals surface area contributed by atoms with Crippen LogP contribution in [0.1, 0.15) is 129 Å². The number of carbonyl (C=O) groups is 7. The topological polar surface area (TPSA) is 230 Å². The molecule has 444 valence electrons. The van der Waals surface area contributed by atoms with Crippen LogP contribution in [0.2, 0.25) is 0 Å². The number of aromatic nitrogens is 3. The molecule has 0 spiro atoms.